The van der Waals surface area contributed by atoms with Crippen molar-refractivity contribution in [1.82, 2.24) is 9.97 Å². The number of aromatic nitrogens is 2. The van der Waals surface area contributed by atoms with Crippen LogP contribution in [-0.2, 0) is 0 Å². The number of nitrogen functional groups attached to an aromatic ring is 1. The number of nitrogens with one attached hydrogen (secondary N) is 2. The predicted octanol–water partition coefficient (Wildman–Crippen LogP) is 6.24. The van der Waals surface area contributed by atoms with Gasteiger partial charge in [-0.15, -0.1) is 11.3 Å². The van der Waals surface area contributed by atoms with E-state index < -0.39 is 0 Å². The lowest BCUT2D eigenvalue weighted by atomic mass is 10.1. The molecule has 3 aromatic carbocycles. The van der Waals surface area contributed by atoms with Gasteiger partial charge in [-0.25, -0.2) is 9.97 Å². The van der Waals surface area contributed by atoms with Crippen LogP contribution in [0.4, 0.5) is 22.3 Å². The van der Waals surface area contributed by atoms with Gasteiger partial charge in [0, 0.05) is 33.9 Å². The molecule has 178 valence electrons. The van der Waals surface area contributed by atoms with Gasteiger partial charge in [0.2, 0.25) is 6.79 Å². The summed E-state index contributed by atoms with van der Waals surface area (Å²) in [4.78, 5) is 22.6. The van der Waals surface area contributed by atoms with E-state index in [0.717, 1.165) is 32.6 Å². The van der Waals surface area contributed by atoms with Crippen molar-refractivity contribution in [2.45, 2.75) is 0 Å². The lowest BCUT2D eigenvalue weighted by molar-refractivity contribution is 0.102. The van der Waals surface area contributed by atoms with Gasteiger partial charge in [-0.1, -0.05) is 41.7 Å². The van der Waals surface area contributed by atoms with Crippen LogP contribution >= 0.6 is 22.7 Å². The Morgan fingerprint density at radius 3 is 2.67 bits per heavy atom. The molecule has 0 unspecified atom stereocenters. The van der Waals surface area contributed by atoms with Crippen LogP contribution in [0.5, 0.6) is 11.5 Å². The Labute approximate surface area is 214 Å². The van der Waals surface area contributed by atoms with Crippen molar-refractivity contribution in [2.24, 2.45) is 0 Å². The molecule has 1 amide bonds. The number of thiazole rings is 2. The predicted molar refractivity (Wildman–Crippen MR) is 143 cm³/mol. The van der Waals surface area contributed by atoms with E-state index in [2.05, 4.69) is 15.6 Å². The van der Waals surface area contributed by atoms with E-state index in [1.165, 1.54) is 22.7 Å². The molecule has 36 heavy (non-hydrogen) atoms. The van der Waals surface area contributed by atoms with Crippen molar-refractivity contribution < 1.29 is 14.3 Å². The zero-order valence-corrected chi connectivity index (χ0v) is 20.4. The number of nitrogens with zero attached hydrogens (tertiary/aromatic N) is 2. The first-order valence-corrected chi connectivity index (χ1v) is 12.7. The quantitative estimate of drug-likeness (QED) is 0.246. The average Bonchev–Trinajstić information content (AvgIpc) is 3.64. The van der Waals surface area contributed by atoms with Crippen LogP contribution in [0.25, 0.3) is 21.1 Å². The Hall–Kier alpha value is -4.41. The summed E-state index contributed by atoms with van der Waals surface area (Å²) in [7, 11) is 0. The van der Waals surface area contributed by atoms with Crippen LogP contribution in [0.2, 0.25) is 0 Å². The van der Waals surface area contributed by atoms with E-state index in [9.17, 15) is 4.79 Å². The maximum atomic E-state index is 12.5. The van der Waals surface area contributed by atoms with Crippen LogP contribution in [0.15, 0.2) is 78.2 Å². The number of amides is 1. The molecule has 0 aliphatic carbocycles. The van der Waals surface area contributed by atoms with E-state index >= 15 is 0 Å². The minimum atomic E-state index is -0.161. The third kappa shape index (κ3) is 4.47. The highest BCUT2D eigenvalue weighted by Gasteiger charge is 2.17. The van der Waals surface area contributed by atoms with Gasteiger partial charge >= 0.3 is 0 Å². The van der Waals surface area contributed by atoms with Crippen molar-refractivity contribution in [3.05, 3.63) is 83.7 Å². The maximum absolute atomic E-state index is 12.5. The molecule has 0 spiro atoms. The molecule has 6 rings (SSSR count). The fourth-order valence-corrected chi connectivity index (χ4v) is 5.53. The number of hydrogen-bond acceptors (Lipinski definition) is 9. The van der Waals surface area contributed by atoms with Crippen molar-refractivity contribution in [1.29, 1.82) is 0 Å². The number of rotatable bonds is 6. The standard InChI is InChI=1S/C26H19N5O3S2/c27-23-22(36-26(31-23)29-18-9-10-20-21(12-18)34-14-33-20)25-30-19(13-35-25)16-7-4-8-17(11-16)28-24(32)15-5-2-1-3-6-15/h1-13H,14,27H2,(H,28,32)(H,29,31). The molecule has 0 saturated heterocycles. The third-order valence-electron chi connectivity index (χ3n) is 5.43. The molecule has 0 atom stereocenters. The largest absolute Gasteiger partial charge is 0.454 e. The molecule has 10 heteroatoms. The fraction of sp³-hybridized carbons (Fsp3) is 0.0385. The monoisotopic (exact) mass is 513 g/mol. The summed E-state index contributed by atoms with van der Waals surface area (Å²) >= 11 is 2.92. The molecule has 4 N–H and O–H groups in total. The van der Waals surface area contributed by atoms with Crippen molar-refractivity contribution in [3.63, 3.8) is 0 Å². The van der Waals surface area contributed by atoms with Gasteiger partial charge < -0.3 is 25.8 Å². The highest BCUT2D eigenvalue weighted by atomic mass is 32.1. The first-order valence-electron chi connectivity index (χ1n) is 11.0. The average molecular weight is 514 g/mol. The number of benzene rings is 3. The third-order valence-corrected chi connectivity index (χ3v) is 7.41. The summed E-state index contributed by atoms with van der Waals surface area (Å²) in [5, 5.41) is 9.61. The topological polar surface area (TPSA) is 111 Å². The summed E-state index contributed by atoms with van der Waals surface area (Å²) in [6.07, 6.45) is 0. The molecule has 0 saturated carbocycles. The lowest BCUT2D eigenvalue weighted by Crippen LogP contribution is -2.11. The Kier molecular flexibility index (Phi) is 5.72. The van der Waals surface area contributed by atoms with Gasteiger partial charge in [0.1, 0.15) is 15.7 Å². The summed E-state index contributed by atoms with van der Waals surface area (Å²) in [5.41, 5.74) is 10.0. The zero-order valence-electron chi connectivity index (χ0n) is 18.7. The first kappa shape index (κ1) is 22.1. The Morgan fingerprint density at radius 2 is 1.78 bits per heavy atom. The minimum absolute atomic E-state index is 0.161. The highest BCUT2D eigenvalue weighted by Crippen LogP contribution is 2.40. The molecule has 3 heterocycles. The number of fused-ring (bicyclic) bond motifs is 1. The lowest BCUT2D eigenvalue weighted by Gasteiger charge is -2.06. The summed E-state index contributed by atoms with van der Waals surface area (Å²) in [6, 6.07) is 22.3. The number of carbonyl (C=O) groups excluding carboxylic acids is 1. The SMILES string of the molecule is Nc1nc(Nc2ccc3c(c2)OCO3)sc1-c1nc(-c2cccc(NC(=O)c3ccccc3)c2)cs1. The van der Waals surface area contributed by atoms with Gasteiger partial charge in [0.15, 0.2) is 16.6 Å². The molecular formula is C26H19N5O3S2. The second kappa shape index (κ2) is 9.33. The Morgan fingerprint density at radius 1 is 0.917 bits per heavy atom. The molecule has 0 radical (unpaired) electrons. The van der Waals surface area contributed by atoms with Crippen LogP contribution in [-0.4, -0.2) is 22.7 Å². The summed E-state index contributed by atoms with van der Waals surface area (Å²) in [5.74, 6) is 1.66. The fourth-order valence-electron chi connectivity index (χ4n) is 3.70. The van der Waals surface area contributed by atoms with E-state index in [1.807, 2.05) is 66.0 Å². The second-order valence-electron chi connectivity index (χ2n) is 7.87. The van der Waals surface area contributed by atoms with Crippen LogP contribution in [0, 0.1) is 0 Å². The maximum Gasteiger partial charge on any atom is 0.255 e. The van der Waals surface area contributed by atoms with E-state index in [4.69, 9.17) is 20.2 Å². The van der Waals surface area contributed by atoms with Crippen LogP contribution in [0.1, 0.15) is 10.4 Å². The normalized spacial score (nSPS) is 11.9. The van der Waals surface area contributed by atoms with Gasteiger partial charge in [0.05, 0.1) is 5.69 Å². The Bertz CT molecular complexity index is 1570. The number of hydrogen-bond donors (Lipinski definition) is 3. The zero-order chi connectivity index (χ0) is 24.5. The first-order chi connectivity index (χ1) is 17.6. The van der Waals surface area contributed by atoms with Crippen LogP contribution in [0.3, 0.4) is 0 Å². The van der Waals surface area contributed by atoms with Gasteiger partial charge in [-0.2, -0.15) is 0 Å². The van der Waals surface area contributed by atoms with Gasteiger partial charge in [0.25, 0.3) is 5.91 Å². The number of anilines is 4. The number of carbonyl (C=O) groups is 1. The van der Waals surface area contributed by atoms with Gasteiger partial charge in [-0.05, 0) is 36.4 Å². The van der Waals surface area contributed by atoms with Gasteiger partial charge in [-0.3, -0.25) is 4.79 Å². The summed E-state index contributed by atoms with van der Waals surface area (Å²) in [6.45, 7) is 0.224. The second-order valence-corrected chi connectivity index (χ2v) is 9.72. The smallest absolute Gasteiger partial charge is 0.255 e. The van der Waals surface area contributed by atoms with Crippen molar-refractivity contribution >= 4 is 50.9 Å². The summed E-state index contributed by atoms with van der Waals surface area (Å²) < 4.78 is 10.8. The number of ether oxygens (including phenoxy) is 2. The minimum Gasteiger partial charge on any atom is -0.454 e. The van der Waals surface area contributed by atoms with E-state index in [0.29, 0.717) is 27.9 Å². The molecular weight excluding hydrogens is 494 g/mol. The van der Waals surface area contributed by atoms with Crippen molar-refractivity contribution in [2.75, 3.05) is 23.2 Å². The molecule has 1 aliphatic heterocycles. The molecule has 8 nitrogen and oxygen atoms in total. The van der Waals surface area contributed by atoms with E-state index in [-0.39, 0.29) is 12.7 Å². The molecule has 2 aromatic heterocycles. The highest BCUT2D eigenvalue weighted by molar-refractivity contribution is 7.23. The molecule has 0 bridgehead atoms. The van der Waals surface area contributed by atoms with Crippen LogP contribution < -0.4 is 25.8 Å². The number of nitrogens with two attached hydrogens (primary N) is 1. The van der Waals surface area contributed by atoms with E-state index in [1.54, 1.807) is 12.1 Å². The molecule has 5 aromatic rings. The van der Waals surface area contributed by atoms with Crippen molar-refractivity contribution in [3.8, 4) is 32.6 Å². The Balaban J connectivity index is 1.20. The molecule has 0 fully saturated rings. The molecule has 1 aliphatic rings.